The normalized spacial score (nSPS) is 11.1. The first kappa shape index (κ1) is 20.9. The van der Waals surface area contributed by atoms with E-state index in [1.165, 1.54) is 0 Å². The van der Waals surface area contributed by atoms with Crippen LogP contribution in [0.1, 0.15) is 19.4 Å². The summed E-state index contributed by atoms with van der Waals surface area (Å²) in [6, 6.07) is 24.4. The Hall–Kier alpha value is -2.83. The van der Waals surface area contributed by atoms with Crippen molar-refractivity contribution < 1.29 is 0 Å². The molecule has 0 radical (unpaired) electrons. The van der Waals surface area contributed by atoms with Gasteiger partial charge in [-0.3, -0.25) is 0 Å². The molecule has 0 aromatic heterocycles. The Morgan fingerprint density at radius 2 is 1.62 bits per heavy atom. The lowest BCUT2D eigenvalue weighted by molar-refractivity contribution is 0.553. The standard InChI is InChI=1S/C23H26N4OS/c1-23(2,27-28)19-8-3-6-17(14-19)18-7-4-11-22(15-18)29-26-21-10-5-9-20(16-21)25-13-12-24/h3-11,14-16,25-26H,12-13,24H2,1-2H3. The number of nitrogens with zero attached hydrogens (tertiary/aromatic N) is 1. The topological polar surface area (TPSA) is 79.5 Å². The number of benzene rings is 3. The van der Waals surface area contributed by atoms with Crippen LogP contribution in [0.15, 0.2) is 82.9 Å². The lowest BCUT2D eigenvalue weighted by Crippen LogP contribution is -2.12. The molecule has 150 valence electrons. The third-order valence-corrected chi connectivity index (χ3v) is 5.41. The molecule has 0 fully saturated rings. The number of rotatable bonds is 9. The lowest BCUT2D eigenvalue weighted by atomic mass is 9.92. The number of hydrogen-bond acceptors (Lipinski definition) is 6. The zero-order valence-corrected chi connectivity index (χ0v) is 17.5. The van der Waals surface area contributed by atoms with Crippen molar-refractivity contribution in [2.24, 2.45) is 10.9 Å². The molecule has 0 spiro atoms. The summed E-state index contributed by atoms with van der Waals surface area (Å²) in [7, 11) is 0. The van der Waals surface area contributed by atoms with E-state index in [0.717, 1.165) is 39.5 Å². The summed E-state index contributed by atoms with van der Waals surface area (Å²) in [4.78, 5) is 12.3. The number of nitrogens with one attached hydrogen (secondary N) is 2. The summed E-state index contributed by atoms with van der Waals surface area (Å²) < 4.78 is 3.39. The van der Waals surface area contributed by atoms with Gasteiger partial charge in [0, 0.05) is 29.4 Å². The van der Waals surface area contributed by atoms with Gasteiger partial charge in [0.2, 0.25) is 0 Å². The van der Waals surface area contributed by atoms with Gasteiger partial charge in [-0.15, -0.1) is 4.91 Å². The molecule has 0 unspecified atom stereocenters. The maximum absolute atomic E-state index is 11.2. The van der Waals surface area contributed by atoms with Crippen LogP contribution in [0.25, 0.3) is 11.1 Å². The molecule has 3 aromatic carbocycles. The zero-order chi connectivity index (χ0) is 20.7. The highest BCUT2D eigenvalue weighted by molar-refractivity contribution is 8.00. The second-order valence-corrected chi connectivity index (χ2v) is 8.14. The predicted octanol–water partition coefficient (Wildman–Crippen LogP) is 5.84. The lowest BCUT2D eigenvalue weighted by Gasteiger charge is -2.17. The van der Waals surface area contributed by atoms with Gasteiger partial charge < -0.3 is 15.8 Å². The van der Waals surface area contributed by atoms with Gasteiger partial charge in [0.05, 0.1) is 0 Å². The Balaban J connectivity index is 1.74. The van der Waals surface area contributed by atoms with Crippen LogP contribution in [-0.2, 0) is 5.54 Å². The van der Waals surface area contributed by atoms with Gasteiger partial charge in [-0.05, 0) is 78.9 Å². The molecule has 0 bridgehead atoms. The molecule has 0 heterocycles. The van der Waals surface area contributed by atoms with Crippen LogP contribution in [0.4, 0.5) is 11.4 Å². The van der Waals surface area contributed by atoms with Crippen molar-refractivity contribution in [3.8, 4) is 11.1 Å². The van der Waals surface area contributed by atoms with Crippen LogP contribution in [0, 0.1) is 4.91 Å². The van der Waals surface area contributed by atoms with Gasteiger partial charge in [-0.1, -0.05) is 41.6 Å². The second-order valence-electron chi connectivity index (χ2n) is 7.26. The molecule has 0 saturated carbocycles. The predicted molar refractivity (Wildman–Crippen MR) is 124 cm³/mol. The fraction of sp³-hybridized carbons (Fsp3) is 0.217. The Morgan fingerprint density at radius 3 is 2.38 bits per heavy atom. The average molecular weight is 407 g/mol. The molecule has 0 aliphatic rings. The summed E-state index contributed by atoms with van der Waals surface area (Å²) in [6.45, 7) is 4.99. The molecule has 29 heavy (non-hydrogen) atoms. The van der Waals surface area contributed by atoms with Crippen LogP contribution in [0.5, 0.6) is 0 Å². The smallest absolute Gasteiger partial charge is 0.122 e. The molecule has 4 N–H and O–H groups in total. The van der Waals surface area contributed by atoms with Crippen molar-refractivity contribution in [2.75, 3.05) is 23.1 Å². The first-order chi connectivity index (χ1) is 14.0. The highest BCUT2D eigenvalue weighted by Gasteiger charge is 2.21. The van der Waals surface area contributed by atoms with Gasteiger partial charge in [0.25, 0.3) is 0 Å². The van der Waals surface area contributed by atoms with Gasteiger partial charge >= 0.3 is 0 Å². The van der Waals surface area contributed by atoms with E-state index >= 15 is 0 Å². The first-order valence-corrected chi connectivity index (χ1v) is 10.4. The fourth-order valence-electron chi connectivity index (χ4n) is 2.90. The van der Waals surface area contributed by atoms with Crippen molar-refractivity contribution in [1.82, 2.24) is 0 Å². The van der Waals surface area contributed by atoms with Crippen molar-refractivity contribution in [2.45, 2.75) is 24.3 Å². The van der Waals surface area contributed by atoms with Gasteiger partial charge in [0.1, 0.15) is 5.54 Å². The molecular formula is C23H26N4OS. The average Bonchev–Trinajstić information content (AvgIpc) is 2.77. The molecule has 0 amide bonds. The summed E-state index contributed by atoms with van der Waals surface area (Å²) in [5.74, 6) is 0. The third-order valence-electron chi connectivity index (χ3n) is 4.59. The van der Waals surface area contributed by atoms with Gasteiger partial charge in [-0.2, -0.15) is 0 Å². The van der Waals surface area contributed by atoms with Crippen molar-refractivity contribution in [3.63, 3.8) is 0 Å². The maximum Gasteiger partial charge on any atom is 0.122 e. The highest BCUT2D eigenvalue weighted by Crippen LogP contribution is 2.31. The number of nitroso groups, excluding NO2 is 1. The molecular weight excluding hydrogens is 380 g/mol. The minimum atomic E-state index is -0.743. The molecule has 6 heteroatoms. The van der Waals surface area contributed by atoms with Crippen LogP contribution < -0.4 is 15.8 Å². The fourth-order valence-corrected chi connectivity index (χ4v) is 3.59. The monoisotopic (exact) mass is 406 g/mol. The number of hydrogen-bond donors (Lipinski definition) is 3. The van der Waals surface area contributed by atoms with E-state index in [0.29, 0.717) is 6.54 Å². The van der Waals surface area contributed by atoms with E-state index in [4.69, 9.17) is 5.73 Å². The maximum atomic E-state index is 11.2. The van der Waals surface area contributed by atoms with Crippen LogP contribution in [0.2, 0.25) is 0 Å². The molecule has 5 nitrogen and oxygen atoms in total. The highest BCUT2D eigenvalue weighted by atomic mass is 32.2. The van der Waals surface area contributed by atoms with Crippen molar-refractivity contribution in [3.05, 3.63) is 83.3 Å². The van der Waals surface area contributed by atoms with E-state index in [1.807, 2.05) is 62.4 Å². The minimum absolute atomic E-state index is 0.598. The van der Waals surface area contributed by atoms with Crippen LogP contribution >= 0.6 is 11.9 Å². The Kier molecular flexibility index (Phi) is 6.90. The second kappa shape index (κ2) is 9.58. The summed E-state index contributed by atoms with van der Waals surface area (Å²) in [5, 5.41) is 6.54. The van der Waals surface area contributed by atoms with Crippen LogP contribution in [0.3, 0.4) is 0 Å². The molecule has 0 saturated heterocycles. The van der Waals surface area contributed by atoms with Crippen LogP contribution in [-0.4, -0.2) is 13.1 Å². The van der Waals surface area contributed by atoms with Gasteiger partial charge in [-0.25, -0.2) is 0 Å². The molecule has 0 aliphatic carbocycles. The third kappa shape index (κ3) is 5.59. The largest absolute Gasteiger partial charge is 0.384 e. The van der Waals surface area contributed by atoms with E-state index in [9.17, 15) is 4.91 Å². The SMILES string of the molecule is CC(C)(N=O)c1cccc(-c2cccc(SNc3cccc(NCCN)c3)c2)c1. The molecule has 0 aliphatic heterocycles. The Bertz CT molecular complexity index is 974. The Labute approximate surface area is 176 Å². The quantitative estimate of drug-likeness (QED) is 0.307. The molecule has 0 atom stereocenters. The summed E-state index contributed by atoms with van der Waals surface area (Å²) in [5.41, 5.74) is 9.93. The van der Waals surface area contributed by atoms with Crippen molar-refractivity contribution >= 4 is 23.3 Å². The van der Waals surface area contributed by atoms with E-state index in [1.54, 1.807) is 11.9 Å². The number of nitrogens with two attached hydrogens (primary N) is 1. The van der Waals surface area contributed by atoms with E-state index < -0.39 is 5.54 Å². The number of anilines is 2. The Morgan fingerprint density at radius 1 is 0.931 bits per heavy atom. The molecule has 3 rings (SSSR count). The summed E-state index contributed by atoms with van der Waals surface area (Å²) >= 11 is 1.56. The molecule has 3 aromatic rings. The zero-order valence-electron chi connectivity index (χ0n) is 16.7. The van der Waals surface area contributed by atoms with Gasteiger partial charge in [0.15, 0.2) is 0 Å². The van der Waals surface area contributed by atoms with E-state index in [2.05, 4.69) is 39.5 Å². The first-order valence-electron chi connectivity index (χ1n) is 9.54. The summed E-state index contributed by atoms with van der Waals surface area (Å²) in [6.07, 6.45) is 0. The van der Waals surface area contributed by atoms with Crippen molar-refractivity contribution in [1.29, 1.82) is 0 Å². The van der Waals surface area contributed by atoms with E-state index in [-0.39, 0.29) is 0 Å². The minimum Gasteiger partial charge on any atom is -0.384 e.